The normalized spacial score (nSPS) is 11.2. The van der Waals surface area contributed by atoms with Crippen molar-refractivity contribution in [3.63, 3.8) is 0 Å². The third-order valence-electron chi connectivity index (χ3n) is 4.26. The Morgan fingerprint density at radius 2 is 1.68 bits per heavy atom. The van der Waals surface area contributed by atoms with Crippen LogP contribution in [0.5, 0.6) is 0 Å². The van der Waals surface area contributed by atoms with E-state index in [1.807, 2.05) is 0 Å². The first-order chi connectivity index (χ1) is 14.7. The number of benzene rings is 2. The summed E-state index contributed by atoms with van der Waals surface area (Å²) in [5.41, 5.74) is 1.39. The fourth-order valence-electron chi connectivity index (χ4n) is 2.66. The van der Waals surface area contributed by atoms with Gasteiger partial charge in [0.1, 0.15) is 11.6 Å². The minimum absolute atomic E-state index is 0.00714. The lowest BCUT2D eigenvalue weighted by molar-refractivity contribution is -0.124. The SMILES string of the molecule is NS(=O)(=O)c1ccc(CCNC(=O)COC(=O)c2ccc(-c3ccc(F)cc3)o2)cc1. The molecular formula is C21H19FN2O6S. The zero-order valence-corrected chi connectivity index (χ0v) is 17.0. The molecule has 1 aromatic heterocycles. The molecule has 31 heavy (non-hydrogen) atoms. The quantitative estimate of drug-likeness (QED) is 0.511. The van der Waals surface area contributed by atoms with E-state index in [0.29, 0.717) is 17.7 Å². The van der Waals surface area contributed by atoms with Crippen molar-refractivity contribution in [1.29, 1.82) is 0 Å². The van der Waals surface area contributed by atoms with E-state index >= 15 is 0 Å². The molecule has 0 radical (unpaired) electrons. The summed E-state index contributed by atoms with van der Waals surface area (Å²) in [6, 6.07) is 14.5. The molecule has 1 amide bonds. The number of hydrogen-bond acceptors (Lipinski definition) is 6. The number of ether oxygens (including phenoxy) is 1. The Balaban J connectivity index is 1.43. The topological polar surface area (TPSA) is 129 Å². The van der Waals surface area contributed by atoms with Crippen LogP contribution in [0.25, 0.3) is 11.3 Å². The van der Waals surface area contributed by atoms with Gasteiger partial charge in [0, 0.05) is 12.1 Å². The van der Waals surface area contributed by atoms with E-state index in [-0.39, 0.29) is 23.0 Å². The van der Waals surface area contributed by atoms with Crippen LogP contribution in [0.1, 0.15) is 16.1 Å². The number of halogens is 1. The van der Waals surface area contributed by atoms with E-state index in [1.54, 1.807) is 18.2 Å². The van der Waals surface area contributed by atoms with Crippen LogP contribution in [0.4, 0.5) is 4.39 Å². The summed E-state index contributed by atoms with van der Waals surface area (Å²) in [7, 11) is -3.75. The third kappa shape index (κ3) is 6.24. The number of nitrogens with two attached hydrogens (primary N) is 1. The molecule has 8 nitrogen and oxygen atoms in total. The number of rotatable bonds is 8. The molecule has 0 unspecified atom stereocenters. The Bertz CT molecular complexity index is 1170. The molecule has 1 heterocycles. The van der Waals surface area contributed by atoms with Crippen molar-refractivity contribution >= 4 is 21.9 Å². The molecular weight excluding hydrogens is 427 g/mol. The number of carbonyl (C=O) groups excluding carboxylic acids is 2. The van der Waals surface area contributed by atoms with Gasteiger partial charge in [0.25, 0.3) is 5.91 Å². The van der Waals surface area contributed by atoms with Crippen LogP contribution in [0.2, 0.25) is 0 Å². The van der Waals surface area contributed by atoms with Gasteiger partial charge in [0.2, 0.25) is 15.8 Å². The minimum Gasteiger partial charge on any atom is -0.450 e. The summed E-state index contributed by atoms with van der Waals surface area (Å²) < 4.78 is 45.8. The van der Waals surface area contributed by atoms with Crippen LogP contribution in [-0.2, 0) is 26.0 Å². The van der Waals surface area contributed by atoms with Crippen molar-refractivity contribution in [1.82, 2.24) is 5.32 Å². The van der Waals surface area contributed by atoms with Gasteiger partial charge in [0.15, 0.2) is 6.61 Å². The lowest BCUT2D eigenvalue weighted by Crippen LogP contribution is -2.30. The predicted octanol–water partition coefficient (Wildman–Crippen LogP) is 2.25. The van der Waals surface area contributed by atoms with Crippen LogP contribution in [-0.4, -0.2) is 33.4 Å². The number of amides is 1. The molecule has 0 spiro atoms. The molecule has 0 aliphatic heterocycles. The summed E-state index contributed by atoms with van der Waals surface area (Å²) in [5.74, 6) is -1.41. The Hall–Kier alpha value is -3.50. The Morgan fingerprint density at radius 3 is 2.32 bits per heavy atom. The van der Waals surface area contributed by atoms with E-state index in [1.165, 1.54) is 42.5 Å². The summed E-state index contributed by atoms with van der Waals surface area (Å²) in [6.45, 7) is -0.226. The fourth-order valence-corrected chi connectivity index (χ4v) is 3.18. The fraction of sp³-hybridized carbons (Fsp3) is 0.143. The maximum absolute atomic E-state index is 13.0. The second-order valence-corrected chi connectivity index (χ2v) is 8.10. The lowest BCUT2D eigenvalue weighted by atomic mass is 10.1. The minimum atomic E-state index is -3.75. The molecule has 0 aliphatic carbocycles. The van der Waals surface area contributed by atoms with Gasteiger partial charge in [-0.3, -0.25) is 4.79 Å². The second kappa shape index (κ2) is 9.54. The number of sulfonamides is 1. The van der Waals surface area contributed by atoms with Gasteiger partial charge in [-0.25, -0.2) is 22.7 Å². The monoisotopic (exact) mass is 446 g/mol. The van der Waals surface area contributed by atoms with Crippen molar-refractivity contribution in [2.24, 2.45) is 5.14 Å². The van der Waals surface area contributed by atoms with Gasteiger partial charge < -0.3 is 14.5 Å². The Morgan fingerprint density at radius 1 is 1.00 bits per heavy atom. The van der Waals surface area contributed by atoms with Gasteiger partial charge in [0.05, 0.1) is 4.90 Å². The molecule has 0 aliphatic rings. The lowest BCUT2D eigenvalue weighted by Gasteiger charge is -2.06. The zero-order valence-electron chi connectivity index (χ0n) is 16.2. The van der Waals surface area contributed by atoms with Crippen LogP contribution < -0.4 is 10.5 Å². The van der Waals surface area contributed by atoms with Crippen LogP contribution in [0.3, 0.4) is 0 Å². The average Bonchev–Trinajstić information content (AvgIpc) is 3.22. The highest BCUT2D eigenvalue weighted by molar-refractivity contribution is 7.89. The van der Waals surface area contributed by atoms with Gasteiger partial charge in [-0.15, -0.1) is 0 Å². The van der Waals surface area contributed by atoms with Gasteiger partial charge in [-0.05, 0) is 60.5 Å². The maximum Gasteiger partial charge on any atom is 0.374 e. The summed E-state index contributed by atoms with van der Waals surface area (Å²) in [5, 5.41) is 7.63. The summed E-state index contributed by atoms with van der Waals surface area (Å²) in [6.07, 6.45) is 0.448. The first kappa shape index (κ1) is 22.2. The molecule has 3 N–H and O–H groups in total. The highest BCUT2D eigenvalue weighted by Gasteiger charge is 2.15. The largest absolute Gasteiger partial charge is 0.450 e. The van der Waals surface area contributed by atoms with Crippen molar-refractivity contribution in [2.45, 2.75) is 11.3 Å². The molecule has 3 aromatic rings. The number of primary sulfonamides is 1. The number of furan rings is 1. The third-order valence-corrected chi connectivity index (χ3v) is 5.19. The van der Waals surface area contributed by atoms with Crippen molar-refractivity contribution in [2.75, 3.05) is 13.2 Å². The van der Waals surface area contributed by atoms with Gasteiger partial charge >= 0.3 is 5.97 Å². The summed E-state index contributed by atoms with van der Waals surface area (Å²) >= 11 is 0. The highest BCUT2D eigenvalue weighted by atomic mass is 32.2. The van der Waals surface area contributed by atoms with Crippen LogP contribution >= 0.6 is 0 Å². The van der Waals surface area contributed by atoms with Crippen molar-refractivity contribution in [3.05, 3.63) is 77.8 Å². The molecule has 162 valence electrons. The van der Waals surface area contributed by atoms with E-state index < -0.39 is 28.5 Å². The molecule has 0 fully saturated rings. The van der Waals surface area contributed by atoms with E-state index in [2.05, 4.69) is 5.32 Å². The molecule has 0 saturated carbocycles. The zero-order chi connectivity index (χ0) is 22.4. The molecule has 0 saturated heterocycles. The number of nitrogens with one attached hydrogen (secondary N) is 1. The number of hydrogen-bond donors (Lipinski definition) is 2. The molecule has 10 heteroatoms. The first-order valence-corrected chi connectivity index (χ1v) is 10.7. The maximum atomic E-state index is 13.0. The predicted molar refractivity (Wildman–Crippen MR) is 109 cm³/mol. The first-order valence-electron chi connectivity index (χ1n) is 9.14. The van der Waals surface area contributed by atoms with Crippen molar-refractivity contribution in [3.8, 4) is 11.3 Å². The van der Waals surface area contributed by atoms with Crippen LogP contribution in [0.15, 0.2) is 70.0 Å². The molecule has 0 atom stereocenters. The number of carbonyl (C=O) groups is 2. The molecule has 0 bridgehead atoms. The average molecular weight is 446 g/mol. The number of esters is 1. The van der Waals surface area contributed by atoms with E-state index in [4.69, 9.17) is 14.3 Å². The summed E-state index contributed by atoms with van der Waals surface area (Å²) in [4.78, 5) is 23.9. The standard InChI is InChI=1S/C21H19FN2O6S/c22-16-5-3-15(4-6-16)18-9-10-19(30-18)21(26)29-13-20(25)24-12-11-14-1-7-17(8-2-14)31(23,27)28/h1-10H,11-13H2,(H,24,25)(H2,23,27,28). The second-order valence-electron chi connectivity index (χ2n) is 6.54. The molecule has 2 aromatic carbocycles. The Labute approximate surface area is 177 Å². The van der Waals surface area contributed by atoms with Gasteiger partial charge in [-0.1, -0.05) is 12.1 Å². The van der Waals surface area contributed by atoms with Gasteiger partial charge in [-0.2, -0.15) is 0 Å². The molecule has 3 rings (SSSR count). The van der Waals surface area contributed by atoms with Crippen molar-refractivity contribution < 1.29 is 31.6 Å². The smallest absolute Gasteiger partial charge is 0.374 e. The van der Waals surface area contributed by atoms with E-state index in [0.717, 1.165) is 5.56 Å². The Kier molecular flexibility index (Phi) is 6.83. The highest BCUT2D eigenvalue weighted by Crippen LogP contribution is 2.22. The van der Waals surface area contributed by atoms with Crippen LogP contribution in [0, 0.1) is 5.82 Å². The van der Waals surface area contributed by atoms with E-state index in [9.17, 15) is 22.4 Å².